The van der Waals surface area contributed by atoms with E-state index in [-0.39, 0.29) is 10.6 Å². The molecule has 1 aliphatic rings. The van der Waals surface area contributed by atoms with Crippen molar-refractivity contribution in [2.45, 2.75) is 25.7 Å². The Morgan fingerprint density at radius 1 is 1.04 bits per heavy atom. The third-order valence-corrected chi connectivity index (χ3v) is 5.07. The molecule has 1 aromatic heterocycles. The standard InChI is InChI=1S/C21H20N2O2/c1-22-19-10-6-5-9-18(19)20(21(22)16-7-3-2-4-8-16)15-11-13-17(14-12-15)23(24)25/h5-7,9-14H,2-4,8H2,1H3. The minimum absolute atomic E-state index is 0.127. The molecule has 4 rings (SSSR count). The third kappa shape index (κ3) is 2.64. The van der Waals surface area contributed by atoms with Gasteiger partial charge in [-0.05, 0) is 55.0 Å². The molecule has 2 aromatic carbocycles. The van der Waals surface area contributed by atoms with Crippen molar-refractivity contribution >= 4 is 22.2 Å². The van der Waals surface area contributed by atoms with Crippen molar-refractivity contribution in [1.82, 2.24) is 4.57 Å². The first-order valence-electron chi connectivity index (χ1n) is 8.68. The van der Waals surface area contributed by atoms with Gasteiger partial charge in [0.25, 0.3) is 5.69 Å². The van der Waals surface area contributed by atoms with E-state index in [0.717, 1.165) is 18.4 Å². The van der Waals surface area contributed by atoms with Crippen molar-refractivity contribution in [2.24, 2.45) is 7.05 Å². The molecule has 1 heterocycles. The Bertz CT molecular complexity index is 981. The van der Waals surface area contributed by atoms with Crippen LogP contribution in [-0.2, 0) is 7.05 Å². The van der Waals surface area contributed by atoms with Crippen molar-refractivity contribution in [2.75, 3.05) is 0 Å². The normalized spacial score (nSPS) is 14.5. The van der Waals surface area contributed by atoms with Crippen molar-refractivity contribution in [1.29, 1.82) is 0 Å². The Morgan fingerprint density at radius 2 is 1.80 bits per heavy atom. The number of para-hydroxylation sites is 1. The van der Waals surface area contributed by atoms with Crippen LogP contribution >= 0.6 is 0 Å². The number of non-ortho nitro benzene ring substituents is 1. The minimum Gasteiger partial charge on any atom is -0.343 e. The van der Waals surface area contributed by atoms with E-state index in [0.29, 0.717) is 0 Å². The van der Waals surface area contributed by atoms with Crippen LogP contribution < -0.4 is 0 Å². The number of benzene rings is 2. The molecule has 3 aromatic rings. The second-order valence-electron chi connectivity index (χ2n) is 6.58. The molecule has 126 valence electrons. The second-order valence-corrected chi connectivity index (χ2v) is 6.58. The highest BCUT2D eigenvalue weighted by molar-refractivity contribution is 6.02. The molecule has 0 unspecified atom stereocenters. The molecule has 0 fully saturated rings. The van der Waals surface area contributed by atoms with Crippen LogP contribution in [0.15, 0.2) is 54.6 Å². The first kappa shape index (κ1) is 15.6. The minimum atomic E-state index is -0.350. The Hall–Kier alpha value is -2.88. The summed E-state index contributed by atoms with van der Waals surface area (Å²) in [6.45, 7) is 0. The number of nitro groups is 1. The molecule has 0 spiro atoms. The largest absolute Gasteiger partial charge is 0.343 e. The number of hydrogen-bond donors (Lipinski definition) is 0. The lowest BCUT2D eigenvalue weighted by Crippen LogP contribution is -2.00. The Labute approximate surface area is 146 Å². The zero-order chi connectivity index (χ0) is 17.4. The van der Waals surface area contributed by atoms with Gasteiger partial charge in [0.2, 0.25) is 0 Å². The number of nitrogens with zero attached hydrogens (tertiary/aromatic N) is 2. The molecule has 0 aliphatic heterocycles. The predicted molar refractivity (Wildman–Crippen MR) is 101 cm³/mol. The monoisotopic (exact) mass is 332 g/mol. The van der Waals surface area contributed by atoms with Crippen LogP contribution in [0.4, 0.5) is 5.69 Å². The van der Waals surface area contributed by atoms with E-state index in [1.165, 1.54) is 40.6 Å². The zero-order valence-corrected chi connectivity index (χ0v) is 14.2. The van der Waals surface area contributed by atoms with Gasteiger partial charge in [-0.3, -0.25) is 10.1 Å². The quantitative estimate of drug-likeness (QED) is 0.455. The molecule has 25 heavy (non-hydrogen) atoms. The van der Waals surface area contributed by atoms with Crippen LogP contribution in [-0.4, -0.2) is 9.49 Å². The smallest absolute Gasteiger partial charge is 0.269 e. The van der Waals surface area contributed by atoms with Gasteiger partial charge in [-0.1, -0.05) is 24.3 Å². The van der Waals surface area contributed by atoms with Gasteiger partial charge >= 0.3 is 0 Å². The number of rotatable bonds is 3. The number of aromatic nitrogens is 1. The topological polar surface area (TPSA) is 48.1 Å². The summed E-state index contributed by atoms with van der Waals surface area (Å²) in [5.74, 6) is 0. The van der Waals surface area contributed by atoms with Gasteiger partial charge in [-0.2, -0.15) is 0 Å². The highest BCUT2D eigenvalue weighted by Crippen LogP contribution is 2.41. The van der Waals surface area contributed by atoms with Crippen LogP contribution in [0.3, 0.4) is 0 Å². The Kier molecular flexibility index (Phi) is 3.88. The summed E-state index contributed by atoms with van der Waals surface area (Å²) in [7, 11) is 2.11. The van der Waals surface area contributed by atoms with Gasteiger partial charge in [-0.15, -0.1) is 0 Å². The van der Waals surface area contributed by atoms with E-state index in [9.17, 15) is 10.1 Å². The highest BCUT2D eigenvalue weighted by atomic mass is 16.6. The maximum atomic E-state index is 11.0. The van der Waals surface area contributed by atoms with Crippen molar-refractivity contribution in [3.05, 3.63) is 70.4 Å². The molecule has 4 nitrogen and oxygen atoms in total. The van der Waals surface area contributed by atoms with Gasteiger partial charge in [-0.25, -0.2) is 0 Å². The first-order chi connectivity index (χ1) is 12.2. The highest BCUT2D eigenvalue weighted by Gasteiger charge is 2.20. The summed E-state index contributed by atoms with van der Waals surface area (Å²) < 4.78 is 2.27. The second kappa shape index (κ2) is 6.20. The number of hydrogen-bond acceptors (Lipinski definition) is 2. The Balaban J connectivity index is 1.98. The van der Waals surface area contributed by atoms with E-state index in [4.69, 9.17) is 0 Å². The first-order valence-corrected chi connectivity index (χ1v) is 8.68. The fourth-order valence-corrected chi connectivity index (χ4v) is 3.86. The lowest BCUT2D eigenvalue weighted by molar-refractivity contribution is -0.384. The maximum absolute atomic E-state index is 11.0. The molecule has 1 aliphatic carbocycles. The fourth-order valence-electron chi connectivity index (χ4n) is 3.86. The summed E-state index contributed by atoms with van der Waals surface area (Å²) in [5.41, 5.74) is 6.16. The maximum Gasteiger partial charge on any atom is 0.269 e. The molecule has 0 saturated carbocycles. The van der Waals surface area contributed by atoms with Gasteiger partial charge in [0.1, 0.15) is 0 Å². The van der Waals surface area contributed by atoms with Crippen LogP contribution in [0, 0.1) is 10.1 Å². The zero-order valence-electron chi connectivity index (χ0n) is 14.2. The molecule has 0 N–H and O–H groups in total. The summed E-state index contributed by atoms with van der Waals surface area (Å²) in [6, 6.07) is 15.3. The number of allylic oxidation sites excluding steroid dienone is 2. The van der Waals surface area contributed by atoms with Crippen molar-refractivity contribution < 1.29 is 4.92 Å². The van der Waals surface area contributed by atoms with Gasteiger partial charge < -0.3 is 4.57 Å². The van der Waals surface area contributed by atoms with Gasteiger partial charge in [0, 0.05) is 35.6 Å². The molecule has 0 saturated heterocycles. The third-order valence-electron chi connectivity index (χ3n) is 5.07. The average Bonchev–Trinajstić information content (AvgIpc) is 2.95. The van der Waals surface area contributed by atoms with Crippen LogP contribution in [0.25, 0.3) is 27.6 Å². The van der Waals surface area contributed by atoms with E-state index in [2.05, 4.69) is 42.0 Å². The lowest BCUT2D eigenvalue weighted by Gasteiger charge is -2.16. The SMILES string of the molecule is Cn1c(C2=CCCCC2)c(-c2ccc([N+](=O)[O-])cc2)c2ccccc21. The summed E-state index contributed by atoms with van der Waals surface area (Å²) in [4.78, 5) is 10.6. The van der Waals surface area contributed by atoms with Gasteiger partial charge in [0.05, 0.1) is 10.6 Å². The lowest BCUT2D eigenvalue weighted by atomic mass is 9.92. The molecule has 0 radical (unpaired) electrons. The van der Waals surface area contributed by atoms with E-state index in [1.807, 2.05) is 12.1 Å². The van der Waals surface area contributed by atoms with E-state index >= 15 is 0 Å². The van der Waals surface area contributed by atoms with Crippen molar-refractivity contribution in [3.8, 4) is 11.1 Å². The van der Waals surface area contributed by atoms with Crippen LogP contribution in [0.5, 0.6) is 0 Å². The Morgan fingerprint density at radius 3 is 2.48 bits per heavy atom. The summed E-state index contributed by atoms with van der Waals surface area (Å²) >= 11 is 0. The van der Waals surface area contributed by atoms with E-state index in [1.54, 1.807) is 12.1 Å². The molecule has 4 heteroatoms. The number of fused-ring (bicyclic) bond motifs is 1. The summed E-state index contributed by atoms with van der Waals surface area (Å²) in [5, 5.41) is 12.2. The summed E-state index contributed by atoms with van der Waals surface area (Å²) in [6.07, 6.45) is 7.03. The predicted octanol–water partition coefficient (Wildman–Crippen LogP) is 5.71. The molecular formula is C21H20N2O2. The molecular weight excluding hydrogens is 312 g/mol. The number of nitro benzene ring substituents is 1. The van der Waals surface area contributed by atoms with Crippen LogP contribution in [0.2, 0.25) is 0 Å². The van der Waals surface area contributed by atoms with Crippen LogP contribution in [0.1, 0.15) is 31.4 Å². The fraction of sp³-hybridized carbons (Fsp3) is 0.238. The average molecular weight is 332 g/mol. The molecule has 0 bridgehead atoms. The molecule has 0 atom stereocenters. The van der Waals surface area contributed by atoms with Crippen molar-refractivity contribution in [3.63, 3.8) is 0 Å². The van der Waals surface area contributed by atoms with E-state index < -0.39 is 0 Å². The van der Waals surface area contributed by atoms with Gasteiger partial charge in [0.15, 0.2) is 0 Å². The molecule has 0 amide bonds. The number of aryl methyl sites for hydroxylation is 1.